The van der Waals surface area contributed by atoms with Crippen LogP contribution >= 0.6 is 19.4 Å². The molecule has 1 heterocycles. The third kappa shape index (κ3) is 4.60. The van der Waals surface area contributed by atoms with Gasteiger partial charge in [0.2, 0.25) is 5.52 Å². The first-order chi connectivity index (χ1) is 13.9. The molecule has 0 aliphatic rings. The Hall–Kier alpha value is -2.83. The van der Waals surface area contributed by atoms with Crippen molar-refractivity contribution >= 4 is 36.8 Å². The number of benzene rings is 2. The second kappa shape index (κ2) is 9.11. The summed E-state index contributed by atoms with van der Waals surface area (Å²) in [5, 5.41) is 3.39. The van der Waals surface area contributed by atoms with Crippen molar-refractivity contribution in [2.75, 3.05) is 13.8 Å². The maximum absolute atomic E-state index is 14.0. The van der Waals surface area contributed by atoms with Crippen LogP contribution in [0.15, 0.2) is 52.4 Å². The molecule has 29 heavy (non-hydrogen) atoms. The summed E-state index contributed by atoms with van der Waals surface area (Å²) in [6, 6.07) is 11.2. The standard InChI is InChI=1S/C20H17FN3O3PS/c1-12-18(29-19(23-12)14-6-4-5-7-15(14)21)20(25)28(3)22-11-13-8-9-17(27-2)16(10-13)24-26/h4-11H,1-3H3. The predicted octanol–water partition coefficient (Wildman–Crippen LogP) is 5.95. The quantitative estimate of drug-likeness (QED) is 0.264. The predicted molar refractivity (Wildman–Crippen MR) is 115 cm³/mol. The average molecular weight is 429 g/mol. The molecule has 0 saturated carbocycles. The average Bonchev–Trinajstić information content (AvgIpc) is 3.12. The van der Waals surface area contributed by atoms with Crippen LogP contribution in [0.1, 0.15) is 20.9 Å². The van der Waals surface area contributed by atoms with Crippen LogP contribution in [0.4, 0.5) is 10.1 Å². The van der Waals surface area contributed by atoms with E-state index in [-0.39, 0.29) is 17.0 Å². The fraction of sp³-hybridized carbons (Fsp3) is 0.150. The summed E-state index contributed by atoms with van der Waals surface area (Å²) in [5.74, 6) is -0.0101. The van der Waals surface area contributed by atoms with Gasteiger partial charge in [-0.15, -0.1) is 16.2 Å². The number of carbonyl (C=O) groups excluding carboxylic acids is 1. The molecule has 0 saturated heterocycles. The van der Waals surface area contributed by atoms with Gasteiger partial charge in [-0.05, 0) is 54.7 Å². The molecule has 0 spiro atoms. The van der Waals surface area contributed by atoms with Gasteiger partial charge in [0.25, 0.3) is 0 Å². The SMILES string of the molecule is COc1ccc(C=NP(C)C(=O)c2sc(-c3ccccc3F)nc2C)cc1N=O. The van der Waals surface area contributed by atoms with Crippen molar-refractivity contribution in [3.8, 4) is 16.3 Å². The normalized spacial score (nSPS) is 12.1. The molecule has 0 aliphatic carbocycles. The highest BCUT2D eigenvalue weighted by molar-refractivity contribution is 7.74. The molecule has 6 nitrogen and oxygen atoms in total. The molecule has 1 unspecified atom stereocenters. The molecule has 2 aromatic carbocycles. The van der Waals surface area contributed by atoms with Gasteiger partial charge in [-0.3, -0.25) is 9.56 Å². The number of hydrogen-bond donors (Lipinski definition) is 0. The van der Waals surface area contributed by atoms with Gasteiger partial charge in [0, 0.05) is 11.8 Å². The van der Waals surface area contributed by atoms with E-state index in [9.17, 15) is 14.1 Å². The second-order valence-corrected chi connectivity index (χ2v) is 8.69. The van der Waals surface area contributed by atoms with E-state index in [0.29, 0.717) is 32.5 Å². The molecule has 0 bridgehead atoms. The lowest BCUT2D eigenvalue weighted by Crippen LogP contribution is -1.95. The van der Waals surface area contributed by atoms with Crippen LogP contribution in [0.3, 0.4) is 0 Å². The summed E-state index contributed by atoms with van der Waals surface area (Å²) < 4.78 is 23.4. The molecule has 1 atom stereocenters. The zero-order valence-electron chi connectivity index (χ0n) is 15.9. The minimum Gasteiger partial charge on any atom is -0.494 e. The number of halogens is 1. The Kier molecular flexibility index (Phi) is 6.56. The van der Waals surface area contributed by atoms with Crippen LogP contribution in [0.5, 0.6) is 5.75 Å². The molecule has 1 aromatic heterocycles. The number of nitrogens with zero attached hydrogens (tertiary/aromatic N) is 3. The van der Waals surface area contributed by atoms with Gasteiger partial charge in [-0.1, -0.05) is 12.1 Å². The molecule has 0 radical (unpaired) electrons. The first kappa shape index (κ1) is 20.9. The summed E-state index contributed by atoms with van der Waals surface area (Å²) in [5.41, 5.74) is 1.58. The van der Waals surface area contributed by atoms with Crippen molar-refractivity contribution < 1.29 is 13.9 Å². The highest BCUT2D eigenvalue weighted by Gasteiger charge is 2.22. The Morgan fingerprint density at radius 2 is 2.03 bits per heavy atom. The Labute approximate surface area is 172 Å². The van der Waals surface area contributed by atoms with Crippen LogP contribution in [-0.4, -0.2) is 30.5 Å². The fourth-order valence-electron chi connectivity index (χ4n) is 2.56. The zero-order valence-corrected chi connectivity index (χ0v) is 17.6. The Morgan fingerprint density at radius 3 is 2.72 bits per heavy atom. The molecule has 0 N–H and O–H groups in total. The number of thiazole rings is 1. The van der Waals surface area contributed by atoms with Gasteiger partial charge in [0.05, 0.1) is 25.8 Å². The summed E-state index contributed by atoms with van der Waals surface area (Å²) in [7, 11) is 0.0740. The van der Waals surface area contributed by atoms with E-state index < -0.39 is 8.07 Å². The molecule has 3 aromatic rings. The number of hydrogen-bond acceptors (Lipinski definition) is 7. The summed E-state index contributed by atoms with van der Waals surface area (Å²) in [4.78, 5) is 28.6. The van der Waals surface area contributed by atoms with Crippen molar-refractivity contribution in [2.45, 2.75) is 6.92 Å². The van der Waals surface area contributed by atoms with E-state index >= 15 is 0 Å². The van der Waals surface area contributed by atoms with Crippen LogP contribution in [0, 0.1) is 17.6 Å². The smallest absolute Gasteiger partial charge is 0.218 e. The maximum atomic E-state index is 14.0. The number of ether oxygens (including phenoxy) is 1. The van der Waals surface area contributed by atoms with Crippen LogP contribution < -0.4 is 4.74 Å². The summed E-state index contributed by atoms with van der Waals surface area (Å²) in [6.45, 7) is 3.46. The first-order valence-electron chi connectivity index (χ1n) is 8.50. The first-order valence-corrected chi connectivity index (χ1v) is 11.1. The molecule has 0 aliphatic heterocycles. The molecule has 9 heteroatoms. The highest BCUT2D eigenvalue weighted by atomic mass is 32.1. The Balaban J connectivity index is 1.81. The molecule has 0 fully saturated rings. The molecule has 3 rings (SSSR count). The van der Waals surface area contributed by atoms with E-state index in [4.69, 9.17) is 4.74 Å². The van der Waals surface area contributed by atoms with Crippen molar-refractivity contribution in [3.63, 3.8) is 0 Å². The van der Waals surface area contributed by atoms with E-state index in [0.717, 1.165) is 11.3 Å². The minimum absolute atomic E-state index is 0.143. The summed E-state index contributed by atoms with van der Waals surface area (Å²) >= 11 is 1.16. The zero-order chi connectivity index (χ0) is 21.0. The number of aromatic nitrogens is 1. The van der Waals surface area contributed by atoms with E-state index in [1.54, 1.807) is 43.9 Å². The van der Waals surface area contributed by atoms with E-state index in [1.165, 1.54) is 25.5 Å². The lowest BCUT2D eigenvalue weighted by Gasteiger charge is -2.05. The van der Waals surface area contributed by atoms with Crippen LogP contribution in [-0.2, 0) is 0 Å². The molecular weight excluding hydrogens is 412 g/mol. The third-order valence-electron chi connectivity index (χ3n) is 4.07. The molecular formula is C20H17FN3O3PS. The third-order valence-corrected chi connectivity index (χ3v) is 6.68. The van der Waals surface area contributed by atoms with Crippen molar-refractivity contribution in [1.82, 2.24) is 4.98 Å². The number of methoxy groups -OCH3 is 1. The summed E-state index contributed by atoms with van der Waals surface area (Å²) in [6.07, 6.45) is 1.53. The maximum Gasteiger partial charge on any atom is 0.218 e. The topological polar surface area (TPSA) is 81.0 Å². The Bertz CT molecular complexity index is 1100. The van der Waals surface area contributed by atoms with Crippen molar-refractivity contribution in [1.29, 1.82) is 0 Å². The van der Waals surface area contributed by atoms with E-state index in [1.807, 2.05) is 0 Å². The highest BCUT2D eigenvalue weighted by Crippen LogP contribution is 2.41. The number of aryl methyl sites for hydroxylation is 1. The van der Waals surface area contributed by atoms with Gasteiger partial charge in [0.1, 0.15) is 22.3 Å². The van der Waals surface area contributed by atoms with Crippen molar-refractivity contribution in [3.05, 3.63) is 69.3 Å². The van der Waals surface area contributed by atoms with Gasteiger partial charge in [-0.25, -0.2) is 9.37 Å². The number of rotatable bonds is 7. The van der Waals surface area contributed by atoms with Gasteiger partial charge in [0.15, 0.2) is 0 Å². The minimum atomic E-state index is -1.38. The molecule has 148 valence electrons. The van der Waals surface area contributed by atoms with Crippen LogP contribution in [0.2, 0.25) is 0 Å². The van der Waals surface area contributed by atoms with Gasteiger partial charge < -0.3 is 4.74 Å². The van der Waals surface area contributed by atoms with Crippen LogP contribution in [0.25, 0.3) is 10.6 Å². The van der Waals surface area contributed by atoms with Gasteiger partial charge >= 0.3 is 0 Å². The van der Waals surface area contributed by atoms with Gasteiger partial charge in [-0.2, -0.15) is 0 Å². The Morgan fingerprint density at radius 1 is 1.28 bits per heavy atom. The monoisotopic (exact) mass is 429 g/mol. The van der Waals surface area contributed by atoms with Crippen molar-refractivity contribution in [2.24, 2.45) is 9.94 Å². The number of carbonyl (C=O) groups is 1. The van der Waals surface area contributed by atoms with E-state index in [2.05, 4.69) is 14.9 Å². The fourth-order valence-corrected chi connectivity index (χ4v) is 4.89. The molecule has 0 amide bonds. The largest absolute Gasteiger partial charge is 0.494 e. The lowest BCUT2D eigenvalue weighted by atomic mass is 10.2. The lowest BCUT2D eigenvalue weighted by molar-refractivity contribution is 0.108. The number of nitroso groups, excluding NO2 is 1. The second-order valence-electron chi connectivity index (χ2n) is 6.01.